The summed E-state index contributed by atoms with van der Waals surface area (Å²) in [6, 6.07) is 0. The van der Waals surface area contributed by atoms with Crippen LogP contribution in [0.1, 0.15) is 168 Å². The van der Waals surface area contributed by atoms with E-state index in [0.717, 1.165) is 70.1 Å². The van der Waals surface area contributed by atoms with Gasteiger partial charge in [-0.1, -0.05) is 138 Å². The Morgan fingerprint density at radius 2 is 1.18 bits per heavy atom. The Morgan fingerprint density at radius 3 is 1.53 bits per heavy atom. The Bertz CT molecular complexity index is 507. The molecule has 0 aromatic carbocycles. The van der Waals surface area contributed by atoms with Crippen LogP contribution in [0, 0.1) is 6.92 Å². The van der Waals surface area contributed by atoms with Crippen molar-refractivity contribution >= 4 is 39.0 Å². The molecule has 2 aliphatic heterocycles. The number of allylic oxidation sites excluding steroid dienone is 3. The second-order valence-corrected chi connectivity index (χ2v) is 12.5. The third kappa shape index (κ3) is 64.1. The van der Waals surface area contributed by atoms with E-state index in [1.165, 1.54) is 109 Å². The minimum Gasteiger partial charge on any atom is -1.00 e. The van der Waals surface area contributed by atoms with Crippen molar-refractivity contribution in [3.8, 4) is 0 Å². The van der Waals surface area contributed by atoms with Crippen LogP contribution in [0.2, 0.25) is 0 Å². The van der Waals surface area contributed by atoms with Gasteiger partial charge in [-0.05, 0) is 57.8 Å². The number of rotatable bonds is 24. The minimum atomic E-state index is -0.0593. The number of aliphatic hydroxyl groups is 1. The van der Waals surface area contributed by atoms with Crippen LogP contribution in [0.3, 0.4) is 0 Å². The zero-order chi connectivity index (χ0) is 32.5. The second kappa shape index (κ2) is 54.3. The molecule has 45 heavy (non-hydrogen) atoms. The van der Waals surface area contributed by atoms with Crippen molar-refractivity contribution in [1.82, 2.24) is 0 Å². The molecule has 3 nitrogen and oxygen atoms in total. The average Bonchev–Trinajstić information content (AvgIpc) is 3.64. The first-order valence-electron chi connectivity index (χ1n) is 18.1. The van der Waals surface area contributed by atoms with Crippen molar-refractivity contribution in [2.45, 2.75) is 180 Å². The summed E-state index contributed by atoms with van der Waals surface area (Å²) in [4.78, 5) is 0. The fraction of sp³-hybridized carbons (Fsp3) is 0.821. The molecule has 0 aromatic heterocycles. The summed E-state index contributed by atoms with van der Waals surface area (Å²) in [5.74, 6) is 0. The summed E-state index contributed by atoms with van der Waals surface area (Å²) in [5, 5.41) is 10.8. The predicted octanol–water partition coefficient (Wildman–Crippen LogP) is 9.53. The molecule has 1 N–H and O–H groups in total. The van der Waals surface area contributed by atoms with Gasteiger partial charge in [-0.2, -0.15) is 6.42 Å². The van der Waals surface area contributed by atoms with E-state index in [4.69, 9.17) is 9.47 Å². The zero-order valence-electron chi connectivity index (χ0n) is 30.2. The number of alkyl halides is 1. The number of ether oxygens (including phenoxy) is 2. The van der Waals surface area contributed by atoms with E-state index in [9.17, 15) is 5.11 Å². The van der Waals surface area contributed by atoms with Crippen LogP contribution < -0.4 is 17.0 Å². The fourth-order valence-corrected chi connectivity index (χ4v) is 4.56. The molecule has 0 saturated carbocycles. The van der Waals surface area contributed by atoms with Gasteiger partial charge in [-0.25, -0.2) is 0 Å². The molecule has 2 aliphatic rings. The Hall–Kier alpha value is 0.826. The third-order valence-electron chi connectivity index (χ3n) is 7.15. The summed E-state index contributed by atoms with van der Waals surface area (Å²) in [6.07, 6.45) is 36.3. The van der Waals surface area contributed by atoms with Gasteiger partial charge in [-0.15, -0.1) is 19.7 Å². The maximum Gasteiger partial charge on any atom is 2.00 e. The fourth-order valence-electron chi connectivity index (χ4n) is 4.24. The van der Waals surface area contributed by atoms with E-state index in [1.54, 1.807) is 0 Å². The first-order valence-corrected chi connectivity index (χ1v) is 19.2. The van der Waals surface area contributed by atoms with Crippen LogP contribution in [0.25, 0.3) is 0 Å². The number of unbranched alkanes of at least 4 members (excludes halogenated alkanes) is 14. The van der Waals surface area contributed by atoms with E-state index in [-0.39, 0.29) is 46.1 Å². The van der Waals surface area contributed by atoms with E-state index in [0.29, 0.717) is 6.10 Å². The monoisotopic (exact) mass is 774 g/mol. The van der Waals surface area contributed by atoms with Crippen LogP contribution >= 0.6 is 15.9 Å². The molecule has 2 fully saturated rings. The molecule has 6 heteroatoms. The molecule has 0 aliphatic carbocycles. The second-order valence-electron chi connectivity index (χ2n) is 11.7. The predicted molar refractivity (Wildman–Crippen MR) is 204 cm³/mol. The number of halogens is 2. The van der Waals surface area contributed by atoms with Crippen LogP contribution in [-0.2, 0) is 9.47 Å². The normalized spacial score (nSPS) is 14.5. The van der Waals surface area contributed by atoms with Gasteiger partial charge in [0.05, 0.1) is 18.8 Å². The van der Waals surface area contributed by atoms with Crippen molar-refractivity contribution < 1.29 is 31.6 Å². The van der Waals surface area contributed by atoms with Gasteiger partial charge in [0.25, 0.3) is 0 Å². The molecular weight excluding hydrogens is 701 g/mol. The van der Waals surface area contributed by atoms with E-state index in [1.807, 2.05) is 18.2 Å². The van der Waals surface area contributed by atoms with Crippen molar-refractivity contribution in [2.24, 2.45) is 0 Å². The molecular formula is C39H76Br2MgO3. The van der Waals surface area contributed by atoms with Gasteiger partial charge in [-0.3, -0.25) is 0 Å². The number of aliphatic hydroxyl groups excluding tert-OH is 1. The maximum atomic E-state index is 9.73. The Labute approximate surface area is 318 Å². The third-order valence-corrected chi connectivity index (χ3v) is 7.71. The van der Waals surface area contributed by atoms with Crippen LogP contribution in [-0.4, -0.2) is 65.5 Å². The standard InChI is InChI=1S/C15H30O.C10H20O.C5H9Br.C5H9.C4H8O.BrH.Mg/c1-3-5-7-9-10-12-14-15(16)13-11-8-6-4-2;1-2-3-4-5-6-7-8-10-9-11-10;1-2-3-4-5-6;1-3-5-4-2;1-2-4-5-3-1;;/h4,15-16H,2-3,5-14H2,1H3;10H,2-9H2,1H3;2H,1,3-5H2;3H,1-2,4-5H2;1-4H2;1H;/q;;;-1;;;+2/p-1/t15-;;;;;;/m1....../s1. The molecule has 0 amide bonds. The molecule has 0 bridgehead atoms. The smallest absolute Gasteiger partial charge is 1.00 e. The summed E-state index contributed by atoms with van der Waals surface area (Å²) < 4.78 is 10.1. The molecule has 266 valence electrons. The number of hydrogen-bond donors (Lipinski definition) is 1. The Balaban J connectivity index is -0.000000159. The molecule has 1 unspecified atom stereocenters. The zero-order valence-corrected chi connectivity index (χ0v) is 34.8. The summed E-state index contributed by atoms with van der Waals surface area (Å²) in [5.41, 5.74) is 0. The quantitative estimate of drug-likeness (QED) is 0.0265. The number of hydrogen-bond acceptors (Lipinski definition) is 3. The molecule has 2 saturated heterocycles. The maximum absolute atomic E-state index is 9.73. The van der Waals surface area contributed by atoms with E-state index < -0.39 is 0 Å². The topological polar surface area (TPSA) is 42.0 Å². The Morgan fingerprint density at radius 1 is 0.733 bits per heavy atom. The first-order chi connectivity index (χ1) is 21.1. The van der Waals surface area contributed by atoms with Crippen molar-refractivity contribution in [2.75, 3.05) is 25.2 Å². The molecule has 2 atom stereocenters. The minimum absolute atomic E-state index is 0. The van der Waals surface area contributed by atoms with Crippen LogP contribution in [0.5, 0.6) is 0 Å². The van der Waals surface area contributed by atoms with Crippen LogP contribution in [0.4, 0.5) is 0 Å². The molecule has 0 aromatic rings. The molecule has 2 heterocycles. The van der Waals surface area contributed by atoms with Gasteiger partial charge in [0.15, 0.2) is 0 Å². The van der Waals surface area contributed by atoms with Gasteiger partial charge >= 0.3 is 23.1 Å². The van der Waals surface area contributed by atoms with E-state index in [2.05, 4.69) is 56.4 Å². The van der Waals surface area contributed by atoms with Gasteiger partial charge in [0.2, 0.25) is 0 Å². The molecule has 0 radical (unpaired) electrons. The van der Waals surface area contributed by atoms with Gasteiger partial charge < -0.3 is 38.5 Å². The molecule has 0 spiro atoms. The molecule has 2 rings (SSSR count). The first kappa shape index (κ1) is 55.2. The van der Waals surface area contributed by atoms with Crippen LogP contribution in [0.15, 0.2) is 38.0 Å². The van der Waals surface area contributed by atoms with Crippen molar-refractivity contribution in [1.29, 1.82) is 0 Å². The van der Waals surface area contributed by atoms with E-state index >= 15 is 0 Å². The number of epoxide rings is 1. The van der Waals surface area contributed by atoms with Crippen molar-refractivity contribution in [3.05, 3.63) is 44.9 Å². The summed E-state index contributed by atoms with van der Waals surface area (Å²) in [6.45, 7) is 21.9. The SMILES string of the molecule is C1CCOC1.C=CCCCBr.C=CCCCC[C@@H](O)CCCCCCCC.C=CCC[CH2-].CCCCCCCCC1CO1.[Br-].[Mg+2]. The largest absolute Gasteiger partial charge is 2.00 e. The van der Waals surface area contributed by atoms with Crippen molar-refractivity contribution in [3.63, 3.8) is 0 Å². The summed E-state index contributed by atoms with van der Waals surface area (Å²) >= 11 is 3.30. The average molecular weight is 777 g/mol. The van der Waals surface area contributed by atoms with Gasteiger partial charge in [0.1, 0.15) is 0 Å². The van der Waals surface area contributed by atoms with Gasteiger partial charge in [0, 0.05) is 18.5 Å². The summed E-state index contributed by atoms with van der Waals surface area (Å²) in [7, 11) is 0. The Kier molecular flexibility index (Phi) is 66.6.